The lowest BCUT2D eigenvalue weighted by Crippen LogP contribution is -2.44. The molecule has 1 saturated heterocycles. The second-order valence-corrected chi connectivity index (χ2v) is 4.64. The fraction of sp³-hybridized carbons (Fsp3) is 0.455. The van der Waals surface area contributed by atoms with E-state index in [2.05, 4.69) is 20.9 Å². The molecule has 1 aliphatic rings. The van der Waals surface area contributed by atoms with Crippen LogP contribution in [0.2, 0.25) is 0 Å². The van der Waals surface area contributed by atoms with Crippen LogP contribution in [0.15, 0.2) is 22.9 Å². The zero-order chi connectivity index (χ0) is 11.5. The largest absolute Gasteiger partial charge is 0.375 e. The Kier molecular flexibility index (Phi) is 3.56. The molecule has 1 aromatic heterocycles. The van der Waals surface area contributed by atoms with Crippen molar-refractivity contribution in [2.45, 2.75) is 13.0 Å². The monoisotopic (exact) mass is 284 g/mol. The first-order valence-corrected chi connectivity index (χ1v) is 5.98. The molecule has 0 unspecified atom stereocenters. The predicted molar refractivity (Wildman–Crippen MR) is 63.3 cm³/mol. The highest BCUT2D eigenvalue weighted by Gasteiger charge is 2.23. The lowest BCUT2D eigenvalue weighted by Gasteiger charge is -2.31. The Morgan fingerprint density at radius 3 is 3.19 bits per heavy atom. The number of morpholine rings is 1. The number of carbonyl (C=O) groups is 1. The number of hydrogen-bond acceptors (Lipinski definition) is 3. The minimum absolute atomic E-state index is 0.0319. The van der Waals surface area contributed by atoms with Gasteiger partial charge in [-0.2, -0.15) is 0 Å². The molecule has 1 aliphatic heterocycles. The molecule has 1 aromatic rings. The van der Waals surface area contributed by atoms with Gasteiger partial charge in [0, 0.05) is 30.0 Å². The van der Waals surface area contributed by atoms with Crippen LogP contribution in [-0.4, -0.2) is 41.6 Å². The van der Waals surface area contributed by atoms with Crippen LogP contribution in [0.3, 0.4) is 0 Å². The number of amides is 1. The van der Waals surface area contributed by atoms with E-state index in [1.807, 2.05) is 11.8 Å². The summed E-state index contributed by atoms with van der Waals surface area (Å²) < 4.78 is 6.14. The molecule has 0 N–H and O–H groups in total. The van der Waals surface area contributed by atoms with Crippen LogP contribution in [0, 0.1) is 0 Å². The lowest BCUT2D eigenvalue weighted by molar-refractivity contribution is -0.0124. The minimum Gasteiger partial charge on any atom is -0.375 e. The van der Waals surface area contributed by atoms with Crippen molar-refractivity contribution >= 4 is 21.8 Å². The van der Waals surface area contributed by atoms with Gasteiger partial charge in [-0.15, -0.1) is 0 Å². The Labute approximate surface area is 103 Å². The number of rotatable bonds is 1. The summed E-state index contributed by atoms with van der Waals surface area (Å²) in [5, 5.41) is 0. The van der Waals surface area contributed by atoms with Gasteiger partial charge in [0.2, 0.25) is 0 Å². The van der Waals surface area contributed by atoms with Gasteiger partial charge in [0.15, 0.2) is 0 Å². The Hall–Kier alpha value is -0.940. The molecule has 2 heterocycles. The second-order valence-electron chi connectivity index (χ2n) is 3.79. The van der Waals surface area contributed by atoms with Crippen molar-refractivity contribution < 1.29 is 9.53 Å². The zero-order valence-electron chi connectivity index (χ0n) is 9.02. The first kappa shape index (κ1) is 11.5. The van der Waals surface area contributed by atoms with Gasteiger partial charge in [0.1, 0.15) is 0 Å². The number of nitrogens with zero attached hydrogens (tertiary/aromatic N) is 2. The van der Waals surface area contributed by atoms with E-state index in [4.69, 9.17) is 4.74 Å². The number of pyridine rings is 1. The van der Waals surface area contributed by atoms with E-state index in [-0.39, 0.29) is 12.0 Å². The summed E-state index contributed by atoms with van der Waals surface area (Å²) in [6, 6.07) is 1.73. The van der Waals surface area contributed by atoms with Crippen LogP contribution in [0.5, 0.6) is 0 Å². The molecular weight excluding hydrogens is 272 g/mol. The number of halogens is 1. The molecule has 5 heteroatoms. The molecule has 1 amide bonds. The van der Waals surface area contributed by atoms with Crippen molar-refractivity contribution in [3.8, 4) is 0 Å². The average molecular weight is 285 g/mol. The maximum absolute atomic E-state index is 12.2. The van der Waals surface area contributed by atoms with Gasteiger partial charge in [-0.25, -0.2) is 0 Å². The molecule has 1 fully saturated rings. The van der Waals surface area contributed by atoms with E-state index in [1.54, 1.807) is 18.5 Å². The van der Waals surface area contributed by atoms with Gasteiger partial charge < -0.3 is 9.64 Å². The summed E-state index contributed by atoms with van der Waals surface area (Å²) in [6.45, 7) is 3.88. The Bertz CT molecular complexity index is 397. The number of hydrogen-bond donors (Lipinski definition) is 0. The third-order valence-electron chi connectivity index (χ3n) is 2.53. The lowest BCUT2D eigenvalue weighted by atomic mass is 10.2. The molecule has 0 spiro atoms. The van der Waals surface area contributed by atoms with Crippen LogP contribution in [0.4, 0.5) is 0 Å². The van der Waals surface area contributed by atoms with Crippen LogP contribution in [0.1, 0.15) is 17.3 Å². The molecule has 0 saturated carbocycles. The van der Waals surface area contributed by atoms with Crippen molar-refractivity contribution in [3.05, 3.63) is 28.5 Å². The summed E-state index contributed by atoms with van der Waals surface area (Å²) in [6.07, 6.45) is 3.37. The summed E-state index contributed by atoms with van der Waals surface area (Å²) in [5.74, 6) is 0.0319. The van der Waals surface area contributed by atoms with Gasteiger partial charge in [-0.3, -0.25) is 9.78 Å². The van der Waals surface area contributed by atoms with Gasteiger partial charge >= 0.3 is 0 Å². The summed E-state index contributed by atoms with van der Waals surface area (Å²) in [7, 11) is 0. The fourth-order valence-electron chi connectivity index (χ4n) is 1.72. The highest BCUT2D eigenvalue weighted by Crippen LogP contribution is 2.18. The van der Waals surface area contributed by atoms with Crippen molar-refractivity contribution in [3.63, 3.8) is 0 Å². The second kappa shape index (κ2) is 4.93. The predicted octanol–water partition coefficient (Wildman–Crippen LogP) is 1.71. The van der Waals surface area contributed by atoms with Crippen molar-refractivity contribution in [2.75, 3.05) is 19.7 Å². The van der Waals surface area contributed by atoms with Crippen LogP contribution >= 0.6 is 15.9 Å². The molecule has 0 aliphatic carbocycles. The Morgan fingerprint density at radius 2 is 2.50 bits per heavy atom. The summed E-state index contributed by atoms with van der Waals surface area (Å²) >= 11 is 3.34. The first-order valence-electron chi connectivity index (χ1n) is 5.19. The zero-order valence-corrected chi connectivity index (χ0v) is 10.6. The Morgan fingerprint density at radius 1 is 1.69 bits per heavy atom. The van der Waals surface area contributed by atoms with Gasteiger partial charge in [0.25, 0.3) is 5.91 Å². The first-order chi connectivity index (χ1) is 7.68. The Balaban J connectivity index is 2.16. The smallest absolute Gasteiger partial charge is 0.255 e. The van der Waals surface area contributed by atoms with Crippen molar-refractivity contribution in [1.29, 1.82) is 0 Å². The van der Waals surface area contributed by atoms with Crippen molar-refractivity contribution in [1.82, 2.24) is 9.88 Å². The highest BCUT2D eigenvalue weighted by atomic mass is 79.9. The number of ether oxygens (including phenoxy) is 1. The molecule has 1 atom stereocenters. The standard InChI is InChI=1S/C11H13BrN2O2/c1-8-7-14(4-5-16-8)11(15)9-2-3-13-6-10(9)12/h2-3,6,8H,4-5,7H2,1H3/t8-/m1/s1. The quantitative estimate of drug-likeness (QED) is 0.788. The number of carbonyl (C=O) groups excluding carboxylic acids is 1. The van der Waals surface area contributed by atoms with Crippen LogP contribution in [-0.2, 0) is 4.74 Å². The summed E-state index contributed by atoms with van der Waals surface area (Å²) in [4.78, 5) is 17.9. The average Bonchev–Trinajstić information content (AvgIpc) is 2.29. The van der Waals surface area contributed by atoms with Gasteiger partial charge in [0.05, 0.1) is 18.3 Å². The molecule has 0 bridgehead atoms. The van der Waals surface area contributed by atoms with E-state index in [0.29, 0.717) is 25.3 Å². The normalized spacial score (nSPS) is 20.9. The maximum Gasteiger partial charge on any atom is 0.255 e. The molecule has 2 rings (SSSR count). The van der Waals surface area contributed by atoms with E-state index in [9.17, 15) is 4.79 Å². The van der Waals surface area contributed by atoms with Crippen LogP contribution in [0.25, 0.3) is 0 Å². The van der Waals surface area contributed by atoms with Crippen LogP contribution < -0.4 is 0 Å². The molecule has 0 radical (unpaired) electrons. The summed E-state index contributed by atoms with van der Waals surface area (Å²) in [5.41, 5.74) is 0.657. The number of aromatic nitrogens is 1. The molecule has 16 heavy (non-hydrogen) atoms. The van der Waals surface area contributed by atoms with E-state index in [0.717, 1.165) is 4.47 Å². The molecule has 4 nitrogen and oxygen atoms in total. The molecule has 86 valence electrons. The topological polar surface area (TPSA) is 42.4 Å². The fourth-order valence-corrected chi connectivity index (χ4v) is 2.14. The third kappa shape index (κ3) is 2.41. The van der Waals surface area contributed by atoms with Crippen molar-refractivity contribution in [2.24, 2.45) is 0 Å². The van der Waals surface area contributed by atoms with E-state index >= 15 is 0 Å². The minimum atomic E-state index is 0.0319. The van der Waals surface area contributed by atoms with Gasteiger partial charge in [-0.05, 0) is 28.9 Å². The third-order valence-corrected chi connectivity index (χ3v) is 3.16. The molecule has 0 aromatic carbocycles. The highest BCUT2D eigenvalue weighted by molar-refractivity contribution is 9.10. The maximum atomic E-state index is 12.2. The SMILES string of the molecule is C[C@@H]1CN(C(=O)c2ccncc2Br)CCO1. The van der Waals surface area contributed by atoms with E-state index < -0.39 is 0 Å². The molecular formula is C11H13BrN2O2. The van der Waals surface area contributed by atoms with E-state index in [1.165, 1.54) is 0 Å². The van der Waals surface area contributed by atoms with Gasteiger partial charge in [-0.1, -0.05) is 0 Å².